The maximum Gasteiger partial charge on any atom is 0.191 e. The van der Waals surface area contributed by atoms with Crippen LogP contribution in [0, 0.1) is 0 Å². The van der Waals surface area contributed by atoms with Crippen molar-refractivity contribution < 1.29 is 4.74 Å². The number of hydrogen-bond acceptors (Lipinski definition) is 4. The summed E-state index contributed by atoms with van der Waals surface area (Å²) in [5, 5.41) is 11.2. The van der Waals surface area contributed by atoms with Gasteiger partial charge in [-0.25, -0.2) is 0 Å². The highest BCUT2D eigenvalue weighted by molar-refractivity contribution is 5.79. The summed E-state index contributed by atoms with van der Waals surface area (Å²) >= 11 is 0. The topological polar surface area (TPSA) is 66.7 Å². The second-order valence-corrected chi connectivity index (χ2v) is 5.43. The highest BCUT2D eigenvalue weighted by Gasteiger charge is 2.10. The van der Waals surface area contributed by atoms with Gasteiger partial charge in [-0.15, -0.1) is 0 Å². The summed E-state index contributed by atoms with van der Waals surface area (Å²) in [4.78, 5) is 6.67. The van der Waals surface area contributed by atoms with Crippen molar-refractivity contribution >= 4 is 5.96 Å². The SMILES string of the molecule is CCc1nn(C)cc1CNC(=NC)NCCN1CCOCC1. The molecule has 1 fully saturated rings. The molecule has 2 heterocycles. The highest BCUT2D eigenvalue weighted by Crippen LogP contribution is 2.06. The molecule has 7 nitrogen and oxygen atoms in total. The van der Waals surface area contributed by atoms with Gasteiger partial charge in [0.05, 0.1) is 18.9 Å². The summed E-state index contributed by atoms with van der Waals surface area (Å²) in [6.45, 7) is 8.48. The van der Waals surface area contributed by atoms with E-state index in [9.17, 15) is 0 Å². The van der Waals surface area contributed by atoms with Gasteiger partial charge in [0, 0.05) is 58.6 Å². The van der Waals surface area contributed by atoms with E-state index in [1.54, 1.807) is 7.05 Å². The van der Waals surface area contributed by atoms with Crippen LogP contribution >= 0.6 is 0 Å². The van der Waals surface area contributed by atoms with Crippen molar-refractivity contribution in [2.75, 3.05) is 46.4 Å². The Morgan fingerprint density at radius 1 is 1.36 bits per heavy atom. The lowest BCUT2D eigenvalue weighted by Crippen LogP contribution is -2.44. The second-order valence-electron chi connectivity index (χ2n) is 5.43. The molecule has 0 aromatic carbocycles. The minimum Gasteiger partial charge on any atom is -0.379 e. The lowest BCUT2D eigenvalue weighted by molar-refractivity contribution is 0.0389. The van der Waals surface area contributed by atoms with E-state index in [0.717, 1.165) is 64.0 Å². The predicted octanol–water partition coefficient (Wildman–Crippen LogP) is -0.0203. The molecule has 0 radical (unpaired) electrons. The van der Waals surface area contributed by atoms with Gasteiger partial charge in [0.15, 0.2) is 5.96 Å². The fourth-order valence-corrected chi connectivity index (χ4v) is 2.59. The molecule has 0 atom stereocenters. The Bertz CT molecular complexity index is 478. The van der Waals surface area contributed by atoms with Gasteiger partial charge in [0.25, 0.3) is 0 Å². The zero-order valence-electron chi connectivity index (χ0n) is 13.9. The summed E-state index contributed by atoms with van der Waals surface area (Å²) in [6.07, 6.45) is 3.01. The molecule has 0 amide bonds. The van der Waals surface area contributed by atoms with Crippen LogP contribution in [0.5, 0.6) is 0 Å². The van der Waals surface area contributed by atoms with Crippen molar-refractivity contribution in [2.45, 2.75) is 19.9 Å². The van der Waals surface area contributed by atoms with E-state index in [1.807, 2.05) is 11.7 Å². The molecule has 22 heavy (non-hydrogen) atoms. The van der Waals surface area contributed by atoms with Crippen molar-refractivity contribution in [3.8, 4) is 0 Å². The molecule has 1 aromatic rings. The van der Waals surface area contributed by atoms with Crippen molar-refractivity contribution in [2.24, 2.45) is 12.0 Å². The van der Waals surface area contributed by atoms with Gasteiger partial charge in [0.1, 0.15) is 0 Å². The molecule has 0 spiro atoms. The maximum absolute atomic E-state index is 5.35. The zero-order valence-corrected chi connectivity index (χ0v) is 13.9. The smallest absolute Gasteiger partial charge is 0.191 e. The van der Waals surface area contributed by atoms with Gasteiger partial charge in [-0.05, 0) is 6.42 Å². The van der Waals surface area contributed by atoms with Crippen molar-refractivity contribution in [3.63, 3.8) is 0 Å². The Morgan fingerprint density at radius 2 is 2.14 bits per heavy atom. The van der Waals surface area contributed by atoms with Crippen molar-refractivity contribution in [3.05, 3.63) is 17.5 Å². The van der Waals surface area contributed by atoms with E-state index in [0.29, 0.717) is 0 Å². The van der Waals surface area contributed by atoms with E-state index in [4.69, 9.17) is 4.74 Å². The van der Waals surface area contributed by atoms with Gasteiger partial charge in [-0.1, -0.05) is 6.92 Å². The number of nitrogens with zero attached hydrogens (tertiary/aromatic N) is 4. The number of aromatic nitrogens is 2. The van der Waals surface area contributed by atoms with Crippen LogP contribution in [0.4, 0.5) is 0 Å². The third kappa shape index (κ3) is 4.99. The number of guanidine groups is 1. The van der Waals surface area contributed by atoms with E-state index < -0.39 is 0 Å². The molecule has 124 valence electrons. The fraction of sp³-hybridized carbons (Fsp3) is 0.733. The Balaban J connectivity index is 1.72. The molecule has 0 unspecified atom stereocenters. The van der Waals surface area contributed by atoms with Crippen LogP contribution in [0.1, 0.15) is 18.2 Å². The Kier molecular flexibility index (Phi) is 6.67. The molecule has 7 heteroatoms. The van der Waals surface area contributed by atoms with E-state index in [1.165, 1.54) is 5.56 Å². The van der Waals surface area contributed by atoms with Crippen LogP contribution in [-0.4, -0.2) is 67.1 Å². The molecule has 0 saturated carbocycles. The molecule has 2 rings (SSSR count). The standard InChI is InChI=1S/C15H28N6O/c1-4-14-13(12-20(3)19-14)11-18-15(16-2)17-5-6-21-7-9-22-10-8-21/h12H,4-11H2,1-3H3,(H2,16,17,18). The fourth-order valence-electron chi connectivity index (χ4n) is 2.59. The first-order valence-electron chi connectivity index (χ1n) is 7.99. The summed E-state index contributed by atoms with van der Waals surface area (Å²) in [6, 6.07) is 0. The molecule has 1 aromatic heterocycles. The molecule has 0 bridgehead atoms. The van der Waals surface area contributed by atoms with Crippen LogP contribution in [-0.2, 0) is 24.8 Å². The highest BCUT2D eigenvalue weighted by atomic mass is 16.5. The van der Waals surface area contributed by atoms with Crippen molar-refractivity contribution in [1.82, 2.24) is 25.3 Å². The predicted molar refractivity (Wildman–Crippen MR) is 88.0 cm³/mol. The normalized spacial score (nSPS) is 16.8. The Morgan fingerprint density at radius 3 is 2.82 bits per heavy atom. The molecule has 0 aliphatic carbocycles. The largest absolute Gasteiger partial charge is 0.379 e. The summed E-state index contributed by atoms with van der Waals surface area (Å²) in [7, 11) is 3.76. The number of hydrogen-bond donors (Lipinski definition) is 2. The van der Waals surface area contributed by atoms with E-state index >= 15 is 0 Å². The maximum atomic E-state index is 5.35. The lowest BCUT2D eigenvalue weighted by atomic mass is 10.2. The average molecular weight is 308 g/mol. The van der Waals surface area contributed by atoms with E-state index in [-0.39, 0.29) is 0 Å². The number of aryl methyl sites for hydroxylation is 2. The quantitative estimate of drug-likeness (QED) is 0.571. The molecular weight excluding hydrogens is 280 g/mol. The molecule has 2 N–H and O–H groups in total. The molecular formula is C15H28N6O. The first-order valence-corrected chi connectivity index (χ1v) is 7.99. The number of morpholine rings is 1. The molecule has 1 aliphatic heterocycles. The second kappa shape index (κ2) is 8.75. The minimum absolute atomic E-state index is 0.744. The number of nitrogens with one attached hydrogen (secondary N) is 2. The third-order valence-electron chi connectivity index (χ3n) is 3.82. The summed E-state index contributed by atoms with van der Waals surface area (Å²) in [5.41, 5.74) is 2.36. The van der Waals surface area contributed by atoms with Gasteiger partial charge >= 0.3 is 0 Å². The number of rotatable bonds is 6. The number of aliphatic imine (C=N–C) groups is 1. The van der Waals surface area contributed by atoms with Crippen molar-refractivity contribution in [1.29, 1.82) is 0 Å². The first kappa shape index (κ1) is 16.8. The Hall–Kier alpha value is -1.60. The van der Waals surface area contributed by atoms with Crippen LogP contribution < -0.4 is 10.6 Å². The van der Waals surface area contributed by atoms with Crippen LogP contribution in [0.2, 0.25) is 0 Å². The third-order valence-corrected chi connectivity index (χ3v) is 3.82. The zero-order chi connectivity index (χ0) is 15.8. The van der Waals surface area contributed by atoms with Gasteiger partial charge in [-0.2, -0.15) is 5.10 Å². The average Bonchev–Trinajstić information content (AvgIpc) is 2.91. The van der Waals surface area contributed by atoms with Crippen LogP contribution in [0.15, 0.2) is 11.2 Å². The lowest BCUT2D eigenvalue weighted by Gasteiger charge is -2.26. The molecule has 1 saturated heterocycles. The van der Waals surface area contributed by atoms with Crippen LogP contribution in [0.25, 0.3) is 0 Å². The van der Waals surface area contributed by atoms with E-state index in [2.05, 4.69) is 38.7 Å². The minimum atomic E-state index is 0.744. The first-order chi connectivity index (χ1) is 10.7. The van der Waals surface area contributed by atoms with Crippen LogP contribution in [0.3, 0.4) is 0 Å². The summed E-state index contributed by atoms with van der Waals surface area (Å²) in [5.74, 6) is 0.833. The number of ether oxygens (including phenoxy) is 1. The monoisotopic (exact) mass is 308 g/mol. The summed E-state index contributed by atoms with van der Waals surface area (Å²) < 4.78 is 7.22. The van der Waals surface area contributed by atoms with Gasteiger partial charge < -0.3 is 15.4 Å². The Labute approximate surface area is 132 Å². The van der Waals surface area contributed by atoms with Gasteiger partial charge in [-0.3, -0.25) is 14.6 Å². The van der Waals surface area contributed by atoms with Gasteiger partial charge in [0.2, 0.25) is 0 Å². The molecule has 1 aliphatic rings.